The van der Waals surface area contributed by atoms with Crippen molar-refractivity contribution in [1.29, 1.82) is 0 Å². The van der Waals surface area contributed by atoms with Crippen LogP contribution in [0.1, 0.15) is 33.6 Å². The number of hydrogen-bond acceptors (Lipinski definition) is 4. The molecular formula is C21H24N2O3S. The molecule has 0 bridgehead atoms. The quantitative estimate of drug-likeness (QED) is 0.862. The zero-order valence-corrected chi connectivity index (χ0v) is 16.1. The van der Waals surface area contributed by atoms with Crippen LogP contribution in [0, 0.1) is 5.92 Å². The summed E-state index contributed by atoms with van der Waals surface area (Å²) in [7, 11) is 0. The second-order valence-corrected chi connectivity index (χ2v) is 8.14. The summed E-state index contributed by atoms with van der Waals surface area (Å²) in [4.78, 5) is 28.3. The van der Waals surface area contributed by atoms with Crippen molar-refractivity contribution in [3.8, 4) is 5.75 Å². The number of carbonyl (C=O) groups is 2. The molecule has 1 aromatic carbocycles. The highest BCUT2D eigenvalue weighted by atomic mass is 32.1. The molecule has 1 aromatic heterocycles. The number of rotatable bonds is 5. The first-order chi connectivity index (χ1) is 13.2. The van der Waals surface area contributed by atoms with Gasteiger partial charge in [0.2, 0.25) is 5.91 Å². The van der Waals surface area contributed by atoms with Crippen LogP contribution in [0.5, 0.6) is 5.75 Å². The molecule has 0 aliphatic carbocycles. The predicted octanol–water partition coefficient (Wildman–Crippen LogP) is 2.89. The number of amides is 2. The number of nitrogens with zero attached hydrogens (tertiary/aromatic N) is 1. The largest absolute Gasteiger partial charge is 0.493 e. The third kappa shape index (κ3) is 4.16. The van der Waals surface area contributed by atoms with Crippen molar-refractivity contribution in [2.75, 3.05) is 26.2 Å². The SMILES string of the molecule is O=C(NCCc1cccs1)C1CCN(C(=O)c2ccc3c(c2)CCO3)CC1. The Bertz CT molecular complexity index is 811. The fourth-order valence-corrected chi connectivity index (χ4v) is 4.46. The minimum Gasteiger partial charge on any atom is -0.493 e. The minimum absolute atomic E-state index is 0.00538. The Kier molecular flexibility index (Phi) is 5.43. The third-order valence-corrected chi connectivity index (χ3v) is 6.28. The molecule has 4 rings (SSSR count). The van der Waals surface area contributed by atoms with Gasteiger partial charge in [-0.05, 0) is 54.5 Å². The van der Waals surface area contributed by atoms with Crippen molar-refractivity contribution in [3.63, 3.8) is 0 Å². The molecule has 3 heterocycles. The molecule has 0 unspecified atom stereocenters. The van der Waals surface area contributed by atoms with Crippen LogP contribution in [0.3, 0.4) is 0 Å². The summed E-state index contributed by atoms with van der Waals surface area (Å²) < 4.78 is 5.51. The highest BCUT2D eigenvalue weighted by Crippen LogP contribution is 2.27. The molecule has 0 saturated carbocycles. The molecule has 1 fully saturated rings. The van der Waals surface area contributed by atoms with Crippen LogP contribution >= 0.6 is 11.3 Å². The van der Waals surface area contributed by atoms with Gasteiger partial charge in [0.15, 0.2) is 0 Å². The van der Waals surface area contributed by atoms with Crippen LogP contribution < -0.4 is 10.1 Å². The van der Waals surface area contributed by atoms with Crippen molar-refractivity contribution in [2.24, 2.45) is 5.92 Å². The van der Waals surface area contributed by atoms with Gasteiger partial charge in [-0.1, -0.05) is 6.07 Å². The van der Waals surface area contributed by atoms with Crippen molar-refractivity contribution in [2.45, 2.75) is 25.7 Å². The van der Waals surface area contributed by atoms with Crippen LogP contribution in [0.25, 0.3) is 0 Å². The van der Waals surface area contributed by atoms with Gasteiger partial charge in [-0.25, -0.2) is 0 Å². The standard InChI is InChI=1S/C21H24N2O3S/c24-20(22-9-5-18-2-1-13-27-18)15-6-10-23(11-7-15)21(25)17-3-4-19-16(14-17)8-12-26-19/h1-4,13-15H,5-12H2,(H,22,24). The Labute approximate surface area is 163 Å². The number of thiophene rings is 1. The fraction of sp³-hybridized carbons (Fsp3) is 0.429. The molecule has 1 N–H and O–H groups in total. The number of fused-ring (bicyclic) bond motifs is 1. The number of nitrogens with one attached hydrogen (secondary N) is 1. The monoisotopic (exact) mass is 384 g/mol. The number of hydrogen-bond donors (Lipinski definition) is 1. The van der Waals surface area contributed by atoms with E-state index in [4.69, 9.17) is 4.74 Å². The van der Waals surface area contributed by atoms with Crippen molar-refractivity contribution >= 4 is 23.2 Å². The molecule has 6 heteroatoms. The summed E-state index contributed by atoms with van der Waals surface area (Å²) in [5.41, 5.74) is 1.83. The van der Waals surface area contributed by atoms with E-state index in [0.717, 1.165) is 42.6 Å². The topological polar surface area (TPSA) is 58.6 Å². The van der Waals surface area contributed by atoms with Crippen LogP contribution in [-0.4, -0.2) is 43.0 Å². The minimum atomic E-state index is 0.00538. The average Bonchev–Trinajstić information content (AvgIpc) is 3.38. The number of piperidine rings is 1. The van der Waals surface area contributed by atoms with E-state index in [1.807, 2.05) is 29.2 Å². The molecular weight excluding hydrogens is 360 g/mol. The van der Waals surface area contributed by atoms with E-state index < -0.39 is 0 Å². The first-order valence-corrected chi connectivity index (χ1v) is 10.4. The van der Waals surface area contributed by atoms with Gasteiger partial charge in [-0.15, -0.1) is 11.3 Å². The fourth-order valence-electron chi connectivity index (χ4n) is 3.76. The lowest BCUT2D eigenvalue weighted by Gasteiger charge is -2.31. The van der Waals surface area contributed by atoms with Gasteiger partial charge in [0.05, 0.1) is 6.61 Å². The zero-order chi connectivity index (χ0) is 18.6. The van der Waals surface area contributed by atoms with Gasteiger partial charge in [-0.2, -0.15) is 0 Å². The first-order valence-electron chi connectivity index (χ1n) is 9.56. The van der Waals surface area contributed by atoms with Crippen molar-refractivity contribution in [1.82, 2.24) is 10.2 Å². The Morgan fingerprint density at radius 1 is 1.22 bits per heavy atom. The van der Waals surface area contributed by atoms with Crippen LogP contribution in [-0.2, 0) is 17.6 Å². The maximum absolute atomic E-state index is 12.8. The molecule has 0 spiro atoms. The van der Waals surface area contributed by atoms with E-state index in [1.54, 1.807) is 11.3 Å². The second-order valence-electron chi connectivity index (χ2n) is 7.11. The van der Waals surface area contributed by atoms with E-state index in [0.29, 0.717) is 26.2 Å². The number of benzene rings is 1. The molecule has 2 aromatic rings. The second kappa shape index (κ2) is 8.13. The molecule has 5 nitrogen and oxygen atoms in total. The van der Waals surface area contributed by atoms with E-state index in [9.17, 15) is 9.59 Å². The maximum Gasteiger partial charge on any atom is 0.253 e. The average molecular weight is 385 g/mol. The first kappa shape index (κ1) is 18.0. The van der Waals surface area contributed by atoms with Gasteiger partial charge in [0, 0.05) is 42.4 Å². The summed E-state index contributed by atoms with van der Waals surface area (Å²) >= 11 is 1.72. The molecule has 2 aliphatic heterocycles. The lowest BCUT2D eigenvalue weighted by atomic mass is 9.95. The summed E-state index contributed by atoms with van der Waals surface area (Å²) in [6.45, 7) is 2.64. The summed E-state index contributed by atoms with van der Waals surface area (Å²) in [6, 6.07) is 9.81. The van der Waals surface area contributed by atoms with Gasteiger partial charge in [0.25, 0.3) is 5.91 Å². The molecule has 1 saturated heterocycles. The molecule has 142 valence electrons. The Morgan fingerprint density at radius 2 is 2.07 bits per heavy atom. The molecule has 2 amide bonds. The van der Waals surface area contributed by atoms with Gasteiger partial charge >= 0.3 is 0 Å². The smallest absolute Gasteiger partial charge is 0.253 e. The van der Waals surface area contributed by atoms with E-state index >= 15 is 0 Å². The number of ether oxygens (including phenoxy) is 1. The number of carbonyl (C=O) groups excluding carboxylic acids is 2. The normalized spacial score (nSPS) is 16.7. The molecule has 2 aliphatic rings. The molecule has 0 atom stereocenters. The van der Waals surface area contributed by atoms with Crippen molar-refractivity contribution < 1.29 is 14.3 Å². The Hall–Kier alpha value is -2.34. The third-order valence-electron chi connectivity index (χ3n) is 5.34. The zero-order valence-electron chi connectivity index (χ0n) is 15.3. The summed E-state index contributed by atoms with van der Waals surface area (Å²) in [5, 5.41) is 5.10. The van der Waals surface area contributed by atoms with Crippen LogP contribution in [0.4, 0.5) is 0 Å². The molecule has 27 heavy (non-hydrogen) atoms. The lowest BCUT2D eigenvalue weighted by Crippen LogP contribution is -2.43. The van der Waals surface area contributed by atoms with Gasteiger partial charge < -0.3 is 15.0 Å². The van der Waals surface area contributed by atoms with Crippen molar-refractivity contribution in [3.05, 3.63) is 51.7 Å². The van der Waals surface area contributed by atoms with Crippen LogP contribution in [0.15, 0.2) is 35.7 Å². The number of likely N-dealkylation sites (tertiary alicyclic amines) is 1. The Morgan fingerprint density at radius 3 is 2.85 bits per heavy atom. The highest BCUT2D eigenvalue weighted by molar-refractivity contribution is 7.09. The molecule has 0 radical (unpaired) electrons. The van der Waals surface area contributed by atoms with E-state index in [-0.39, 0.29) is 17.7 Å². The van der Waals surface area contributed by atoms with Gasteiger partial charge in [-0.3, -0.25) is 9.59 Å². The van der Waals surface area contributed by atoms with E-state index in [2.05, 4.69) is 16.8 Å². The predicted molar refractivity (Wildman–Crippen MR) is 105 cm³/mol. The van der Waals surface area contributed by atoms with Gasteiger partial charge in [0.1, 0.15) is 5.75 Å². The highest BCUT2D eigenvalue weighted by Gasteiger charge is 2.28. The Balaban J connectivity index is 1.25. The lowest BCUT2D eigenvalue weighted by molar-refractivity contribution is -0.126. The maximum atomic E-state index is 12.8. The van der Waals surface area contributed by atoms with Crippen LogP contribution in [0.2, 0.25) is 0 Å². The van der Waals surface area contributed by atoms with E-state index in [1.165, 1.54) is 4.88 Å². The summed E-state index contributed by atoms with van der Waals surface area (Å²) in [6.07, 6.45) is 3.20. The summed E-state index contributed by atoms with van der Waals surface area (Å²) in [5.74, 6) is 1.07.